The molecule has 0 saturated heterocycles. The van der Waals surface area contributed by atoms with Gasteiger partial charge >= 0.3 is 0 Å². The number of carbonyl (C=O) groups is 2. The minimum atomic E-state index is -4.22. The predicted octanol–water partition coefficient (Wildman–Crippen LogP) is 7.77. The van der Waals surface area contributed by atoms with Crippen molar-refractivity contribution in [1.29, 1.82) is 0 Å². The van der Waals surface area contributed by atoms with E-state index in [9.17, 15) is 18.0 Å². The zero-order valence-electron chi connectivity index (χ0n) is 27.0. The number of anilines is 1. The molecule has 11 heteroatoms. The van der Waals surface area contributed by atoms with E-state index in [1.165, 1.54) is 28.8 Å². The Morgan fingerprint density at radius 2 is 1.45 bits per heavy atom. The molecule has 1 atom stereocenters. The first-order valence-electron chi connectivity index (χ1n) is 15.0. The van der Waals surface area contributed by atoms with E-state index in [1.54, 1.807) is 54.6 Å². The molecule has 0 bridgehead atoms. The maximum atomic E-state index is 14.7. The molecule has 0 fully saturated rings. The van der Waals surface area contributed by atoms with Crippen molar-refractivity contribution in [2.24, 2.45) is 0 Å². The van der Waals surface area contributed by atoms with Crippen molar-refractivity contribution in [3.8, 4) is 0 Å². The molecule has 7 nitrogen and oxygen atoms in total. The number of nitrogens with one attached hydrogen (secondary N) is 1. The van der Waals surface area contributed by atoms with Crippen LogP contribution in [0.15, 0.2) is 107 Å². The number of benzene rings is 4. The summed E-state index contributed by atoms with van der Waals surface area (Å²) in [5.41, 5.74) is 1.90. The molecule has 0 spiro atoms. The van der Waals surface area contributed by atoms with Crippen molar-refractivity contribution >= 4 is 62.5 Å². The third kappa shape index (κ3) is 9.54. The summed E-state index contributed by atoms with van der Waals surface area (Å²) < 4.78 is 29.6. The number of sulfonamides is 1. The number of hydrogen-bond acceptors (Lipinski definition) is 5. The maximum absolute atomic E-state index is 14.7. The van der Waals surface area contributed by atoms with Crippen LogP contribution in [-0.2, 0) is 32.6 Å². The van der Waals surface area contributed by atoms with Gasteiger partial charge in [0, 0.05) is 39.0 Å². The molecule has 2 amide bonds. The standard InChI is InChI=1S/C36H39Cl2N3O4S2/c1-25-14-16-27(17-15-25)41(47(44,45)29-20-18-28(46-5)19-21-29)24-34(42)40(23-30-31(37)12-9-13-32(30)38)33(35(43)39-36(2,3)4)22-26-10-7-6-8-11-26/h6-21,33H,22-24H2,1-5H3,(H,39,43)/t33-/m1/s1. The fourth-order valence-electron chi connectivity index (χ4n) is 4.98. The molecule has 0 heterocycles. The van der Waals surface area contributed by atoms with Crippen LogP contribution >= 0.6 is 35.0 Å². The predicted molar refractivity (Wildman–Crippen MR) is 193 cm³/mol. The largest absolute Gasteiger partial charge is 0.350 e. The van der Waals surface area contributed by atoms with E-state index >= 15 is 0 Å². The first kappa shape index (κ1) is 36.3. The number of amides is 2. The van der Waals surface area contributed by atoms with E-state index in [2.05, 4.69) is 5.32 Å². The second kappa shape index (κ2) is 15.6. The summed E-state index contributed by atoms with van der Waals surface area (Å²) in [7, 11) is -4.22. The van der Waals surface area contributed by atoms with Crippen LogP contribution in [0, 0.1) is 6.92 Å². The number of rotatable bonds is 12. The number of aryl methyl sites for hydroxylation is 1. The summed E-state index contributed by atoms with van der Waals surface area (Å²) in [4.78, 5) is 31.0. The lowest BCUT2D eigenvalue weighted by Gasteiger charge is -2.35. The van der Waals surface area contributed by atoms with Crippen molar-refractivity contribution in [3.05, 3.63) is 124 Å². The van der Waals surface area contributed by atoms with E-state index in [1.807, 2.05) is 64.3 Å². The van der Waals surface area contributed by atoms with Crippen molar-refractivity contribution in [1.82, 2.24) is 10.2 Å². The molecule has 0 aromatic heterocycles. The normalized spacial score (nSPS) is 12.3. The van der Waals surface area contributed by atoms with Crippen LogP contribution in [0.3, 0.4) is 0 Å². The molecule has 0 aliphatic carbocycles. The summed E-state index contributed by atoms with van der Waals surface area (Å²) in [6.45, 7) is 6.76. The van der Waals surface area contributed by atoms with Crippen LogP contribution < -0.4 is 9.62 Å². The number of hydrogen-bond donors (Lipinski definition) is 1. The first-order chi connectivity index (χ1) is 22.2. The Hall–Kier alpha value is -3.50. The fraction of sp³-hybridized carbons (Fsp3) is 0.278. The highest BCUT2D eigenvalue weighted by atomic mass is 35.5. The van der Waals surface area contributed by atoms with Crippen LogP contribution in [0.2, 0.25) is 10.0 Å². The van der Waals surface area contributed by atoms with Crippen LogP contribution in [0.1, 0.15) is 37.5 Å². The lowest BCUT2D eigenvalue weighted by Crippen LogP contribution is -2.56. The lowest BCUT2D eigenvalue weighted by molar-refractivity contribution is -0.140. The van der Waals surface area contributed by atoms with Crippen LogP contribution in [0.25, 0.3) is 0 Å². The number of halogens is 2. The highest BCUT2D eigenvalue weighted by Gasteiger charge is 2.36. The Bertz CT molecular complexity index is 1770. The molecule has 4 aromatic carbocycles. The van der Waals surface area contributed by atoms with Crippen molar-refractivity contribution in [2.45, 2.75) is 62.0 Å². The summed E-state index contributed by atoms with van der Waals surface area (Å²) in [6, 6.07) is 26.8. The molecular formula is C36H39Cl2N3O4S2. The summed E-state index contributed by atoms with van der Waals surface area (Å²) in [5, 5.41) is 3.66. The van der Waals surface area contributed by atoms with Gasteiger partial charge in [0.15, 0.2) is 0 Å². The second-order valence-electron chi connectivity index (χ2n) is 12.2. The van der Waals surface area contributed by atoms with Gasteiger partial charge in [0.05, 0.1) is 10.6 Å². The lowest BCUT2D eigenvalue weighted by atomic mass is 10.0. The van der Waals surface area contributed by atoms with E-state index in [-0.39, 0.29) is 17.9 Å². The third-order valence-corrected chi connectivity index (χ3v) is 10.6. The molecule has 4 rings (SSSR count). The van der Waals surface area contributed by atoms with Gasteiger partial charge in [-0.15, -0.1) is 11.8 Å². The maximum Gasteiger partial charge on any atom is 0.264 e. The Labute approximate surface area is 292 Å². The van der Waals surface area contributed by atoms with Gasteiger partial charge in [-0.25, -0.2) is 8.42 Å². The van der Waals surface area contributed by atoms with Gasteiger partial charge in [-0.1, -0.05) is 77.3 Å². The Morgan fingerprint density at radius 3 is 2.00 bits per heavy atom. The zero-order chi connectivity index (χ0) is 34.4. The quantitative estimate of drug-likeness (QED) is 0.152. The number of nitrogens with zero attached hydrogens (tertiary/aromatic N) is 2. The van der Waals surface area contributed by atoms with Crippen LogP contribution in [-0.4, -0.2) is 49.5 Å². The smallest absolute Gasteiger partial charge is 0.264 e. The molecule has 0 radical (unpaired) electrons. The molecule has 4 aromatic rings. The van der Waals surface area contributed by atoms with Gasteiger partial charge < -0.3 is 10.2 Å². The molecule has 1 N–H and O–H groups in total. The molecule has 0 saturated carbocycles. The Morgan fingerprint density at radius 1 is 0.851 bits per heavy atom. The first-order valence-corrected chi connectivity index (χ1v) is 18.4. The molecule has 47 heavy (non-hydrogen) atoms. The summed E-state index contributed by atoms with van der Waals surface area (Å²) in [5.74, 6) is -0.994. The van der Waals surface area contributed by atoms with Gasteiger partial charge in [0.1, 0.15) is 12.6 Å². The average Bonchev–Trinajstić information content (AvgIpc) is 3.02. The molecular weight excluding hydrogens is 673 g/mol. The average molecular weight is 713 g/mol. The van der Waals surface area contributed by atoms with Crippen molar-refractivity contribution < 1.29 is 18.0 Å². The molecule has 248 valence electrons. The number of thioether (sulfide) groups is 1. The number of carbonyl (C=O) groups excluding carboxylic acids is 2. The minimum Gasteiger partial charge on any atom is -0.350 e. The van der Waals surface area contributed by atoms with Gasteiger partial charge in [-0.2, -0.15) is 0 Å². The topological polar surface area (TPSA) is 86.8 Å². The van der Waals surface area contributed by atoms with Gasteiger partial charge in [-0.3, -0.25) is 13.9 Å². The zero-order valence-corrected chi connectivity index (χ0v) is 30.2. The van der Waals surface area contributed by atoms with E-state index in [4.69, 9.17) is 23.2 Å². The monoisotopic (exact) mass is 711 g/mol. The van der Waals surface area contributed by atoms with E-state index in [0.29, 0.717) is 21.3 Å². The summed E-state index contributed by atoms with van der Waals surface area (Å²) >= 11 is 14.7. The van der Waals surface area contributed by atoms with Gasteiger partial charge in [0.25, 0.3) is 10.0 Å². The van der Waals surface area contributed by atoms with E-state index < -0.39 is 40.0 Å². The van der Waals surface area contributed by atoms with Crippen molar-refractivity contribution in [2.75, 3.05) is 17.1 Å². The van der Waals surface area contributed by atoms with Gasteiger partial charge in [0.2, 0.25) is 11.8 Å². The minimum absolute atomic E-state index is 0.0377. The second-order valence-corrected chi connectivity index (χ2v) is 15.7. The molecule has 0 aliphatic heterocycles. The van der Waals surface area contributed by atoms with Gasteiger partial charge in [-0.05, 0) is 88.0 Å². The molecule has 0 unspecified atom stereocenters. The van der Waals surface area contributed by atoms with Crippen LogP contribution in [0.5, 0.6) is 0 Å². The van der Waals surface area contributed by atoms with Crippen molar-refractivity contribution in [3.63, 3.8) is 0 Å². The molecule has 0 aliphatic rings. The highest BCUT2D eigenvalue weighted by Crippen LogP contribution is 2.30. The third-order valence-electron chi connectivity index (χ3n) is 7.41. The fourth-order valence-corrected chi connectivity index (χ4v) is 7.31. The van der Waals surface area contributed by atoms with Crippen LogP contribution in [0.4, 0.5) is 5.69 Å². The SMILES string of the molecule is CSc1ccc(S(=O)(=O)N(CC(=O)N(Cc2c(Cl)cccc2Cl)[C@H](Cc2ccccc2)C(=O)NC(C)(C)C)c2ccc(C)cc2)cc1. The Balaban J connectivity index is 1.85. The highest BCUT2D eigenvalue weighted by molar-refractivity contribution is 7.98. The summed E-state index contributed by atoms with van der Waals surface area (Å²) in [6.07, 6.45) is 2.08. The Kier molecular flexibility index (Phi) is 12.1. The van der Waals surface area contributed by atoms with E-state index in [0.717, 1.165) is 20.3 Å².